The van der Waals surface area contributed by atoms with Crippen LogP contribution in [-0.2, 0) is 6.42 Å². The van der Waals surface area contributed by atoms with Gasteiger partial charge in [0.15, 0.2) is 0 Å². The van der Waals surface area contributed by atoms with Crippen LogP contribution in [0, 0.1) is 0 Å². The molecule has 1 N–H and O–H groups in total. The van der Waals surface area contributed by atoms with E-state index in [1.165, 1.54) is 17.3 Å². The number of nitrogens with one attached hydrogen (secondary N) is 1. The molecule has 0 spiro atoms. The van der Waals surface area contributed by atoms with Crippen molar-refractivity contribution in [3.8, 4) is 0 Å². The van der Waals surface area contributed by atoms with Gasteiger partial charge in [0.2, 0.25) is 5.12 Å². The van der Waals surface area contributed by atoms with Crippen molar-refractivity contribution in [2.45, 2.75) is 6.42 Å². The molecule has 1 aromatic carbocycles. The lowest BCUT2D eigenvalue weighted by Gasteiger charge is -2.05. The summed E-state index contributed by atoms with van der Waals surface area (Å²) in [7, 11) is 0. The van der Waals surface area contributed by atoms with E-state index in [0.717, 1.165) is 24.2 Å². The van der Waals surface area contributed by atoms with E-state index in [0.29, 0.717) is 0 Å². The van der Waals surface area contributed by atoms with Crippen molar-refractivity contribution in [1.82, 2.24) is 0 Å². The van der Waals surface area contributed by atoms with Crippen molar-refractivity contribution < 1.29 is 4.79 Å². The number of thioether (sulfide) groups is 1. The molecule has 1 aliphatic rings. The second-order valence-electron chi connectivity index (χ2n) is 3.01. The molecule has 1 heterocycles. The molecule has 0 aromatic heterocycles. The lowest BCUT2D eigenvalue weighted by molar-refractivity contribution is 0.109. The first kappa shape index (κ1) is 8.63. The Kier molecular flexibility index (Phi) is 2.27. The van der Waals surface area contributed by atoms with Crippen molar-refractivity contribution in [3.05, 3.63) is 29.3 Å². The fourth-order valence-corrected chi connectivity index (χ4v) is 2.01. The van der Waals surface area contributed by atoms with Gasteiger partial charge in [0.05, 0.1) is 5.56 Å². The van der Waals surface area contributed by atoms with E-state index in [-0.39, 0.29) is 5.12 Å². The van der Waals surface area contributed by atoms with Gasteiger partial charge in [-0.25, -0.2) is 0 Å². The van der Waals surface area contributed by atoms with Gasteiger partial charge < -0.3 is 5.32 Å². The number of para-hydroxylation sites is 1. The van der Waals surface area contributed by atoms with E-state index in [4.69, 9.17) is 0 Å². The Morgan fingerprint density at radius 3 is 3.15 bits per heavy atom. The van der Waals surface area contributed by atoms with E-state index in [2.05, 4.69) is 11.4 Å². The molecule has 2 rings (SSSR count). The third-order valence-electron chi connectivity index (χ3n) is 2.25. The van der Waals surface area contributed by atoms with E-state index in [1.54, 1.807) is 0 Å². The first-order chi connectivity index (χ1) is 6.33. The first-order valence-corrected chi connectivity index (χ1v) is 5.49. The molecule has 0 unspecified atom stereocenters. The lowest BCUT2D eigenvalue weighted by atomic mass is 10.1. The van der Waals surface area contributed by atoms with E-state index >= 15 is 0 Å². The van der Waals surface area contributed by atoms with E-state index < -0.39 is 0 Å². The molecular formula is C10H11NOS. The highest BCUT2D eigenvalue weighted by molar-refractivity contribution is 8.13. The van der Waals surface area contributed by atoms with Crippen LogP contribution in [0.15, 0.2) is 18.2 Å². The number of rotatable bonds is 1. The van der Waals surface area contributed by atoms with Gasteiger partial charge in [-0.05, 0) is 24.3 Å². The Bertz CT molecular complexity index is 349. The van der Waals surface area contributed by atoms with Gasteiger partial charge in [-0.3, -0.25) is 4.79 Å². The predicted molar refractivity (Wildman–Crippen MR) is 56.5 cm³/mol. The quantitative estimate of drug-likeness (QED) is 0.741. The first-order valence-electron chi connectivity index (χ1n) is 4.27. The molecule has 0 saturated carbocycles. The second-order valence-corrected chi connectivity index (χ2v) is 3.79. The van der Waals surface area contributed by atoms with Gasteiger partial charge in [-0.2, -0.15) is 0 Å². The third kappa shape index (κ3) is 1.44. The van der Waals surface area contributed by atoms with Crippen molar-refractivity contribution in [1.29, 1.82) is 0 Å². The highest BCUT2D eigenvalue weighted by Gasteiger charge is 2.17. The van der Waals surface area contributed by atoms with Crippen LogP contribution in [0.25, 0.3) is 0 Å². The van der Waals surface area contributed by atoms with Gasteiger partial charge in [0.1, 0.15) is 0 Å². The summed E-state index contributed by atoms with van der Waals surface area (Å²) in [6.07, 6.45) is 2.85. The number of anilines is 1. The SMILES string of the molecule is CSC(=O)c1cccc2c1NCC2. The van der Waals surface area contributed by atoms with Crippen LogP contribution in [0.1, 0.15) is 15.9 Å². The summed E-state index contributed by atoms with van der Waals surface area (Å²) in [5.41, 5.74) is 3.13. The fourth-order valence-electron chi connectivity index (χ4n) is 1.62. The molecule has 0 saturated heterocycles. The van der Waals surface area contributed by atoms with Gasteiger partial charge >= 0.3 is 0 Å². The average Bonchev–Trinajstić information content (AvgIpc) is 2.63. The summed E-state index contributed by atoms with van der Waals surface area (Å²) in [6.45, 7) is 0.952. The normalized spacial score (nSPS) is 13.6. The number of fused-ring (bicyclic) bond motifs is 1. The molecule has 0 radical (unpaired) electrons. The maximum atomic E-state index is 11.5. The largest absolute Gasteiger partial charge is 0.384 e. The van der Waals surface area contributed by atoms with Crippen LogP contribution in [-0.4, -0.2) is 17.9 Å². The van der Waals surface area contributed by atoms with E-state index in [1.807, 2.05) is 18.4 Å². The maximum absolute atomic E-state index is 11.5. The van der Waals surface area contributed by atoms with Gasteiger partial charge in [-0.1, -0.05) is 23.9 Å². The minimum Gasteiger partial charge on any atom is -0.384 e. The summed E-state index contributed by atoms with van der Waals surface area (Å²) in [6, 6.07) is 5.91. The number of carbonyl (C=O) groups excluding carboxylic acids is 1. The molecule has 2 nitrogen and oxygen atoms in total. The van der Waals surface area contributed by atoms with Crippen molar-refractivity contribution >= 4 is 22.6 Å². The Morgan fingerprint density at radius 1 is 1.54 bits per heavy atom. The van der Waals surface area contributed by atoms with Crippen molar-refractivity contribution in [2.24, 2.45) is 0 Å². The molecule has 0 bridgehead atoms. The summed E-state index contributed by atoms with van der Waals surface area (Å²) in [4.78, 5) is 11.5. The summed E-state index contributed by atoms with van der Waals surface area (Å²) >= 11 is 1.26. The van der Waals surface area contributed by atoms with Crippen LogP contribution in [0.3, 0.4) is 0 Å². The predicted octanol–water partition coefficient (Wildman–Crippen LogP) is 2.16. The third-order valence-corrected chi connectivity index (χ3v) is 2.84. The molecule has 0 amide bonds. The number of benzene rings is 1. The summed E-state index contributed by atoms with van der Waals surface area (Å²) < 4.78 is 0. The molecule has 1 aromatic rings. The number of carbonyl (C=O) groups is 1. The molecule has 3 heteroatoms. The highest BCUT2D eigenvalue weighted by atomic mass is 32.2. The molecule has 0 atom stereocenters. The van der Waals surface area contributed by atoms with Crippen LogP contribution in [0.4, 0.5) is 5.69 Å². The number of hydrogen-bond donors (Lipinski definition) is 1. The molecule has 0 fully saturated rings. The summed E-state index contributed by atoms with van der Waals surface area (Å²) in [5, 5.41) is 3.39. The minimum absolute atomic E-state index is 0.145. The molecule has 0 aliphatic carbocycles. The fraction of sp³-hybridized carbons (Fsp3) is 0.300. The van der Waals surface area contributed by atoms with Crippen LogP contribution >= 0.6 is 11.8 Å². The smallest absolute Gasteiger partial charge is 0.221 e. The van der Waals surface area contributed by atoms with Crippen molar-refractivity contribution in [2.75, 3.05) is 18.1 Å². The van der Waals surface area contributed by atoms with Gasteiger partial charge in [-0.15, -0.1) is 0 Å². The van der Waals surface area contributed by atoms with Gasteiger partial charge in [0, 0.05) is 12.2 Å². The highest BCUT2D eigenvalue weighted by Crippen LogP contribution is 2.28. The zero-order valence-corrected chi connectivity index (χ0v) is 8.28. The monoisotopic (exact) mass is 193 g/mol. The lowest BCUT2D eigenvalue weighted by Crippen LogP contribution is -1.99. The van der Waals surface area contributed by atoms with Crippen LogP contribution in [0.2, 0.25) is 0 Å². The molecule has 68 valence electrons. The van der Waals surface area contributed by atoms with Crippen LogP contribution in [0.5, 0.6) is 0 Å². The zero-order valence-electron chi connectivity index (χ0n) is 7.46. The van der Waals surface area contributed by atoms with Crippen LogP contribution < -0.4 is 5.32 Å². The average molecular weight is 193 g/mol. The Hall–Kier alpha value is -0.960. The second kappa shape index (κ2) is 3.42. The maximum Gasteiger partial charge on any atom is 0.221 e. The van der Waals surface area contributed by atoms with E-state index in [9.17, 15) is 4.79 Å². The van der Waals surface area contributed by atoms with Crippen molar-refractivity contribution in [3.63, 3.8) is 0 Å². The Labute approximate surface area is 81.7 Å². The number of hydrogen-bond acceptors (Lipinski definition) is 3. The molecule has 1 aliphatic heterocycles. The Morgan fingerprint density at radius 2 is 2.38 bits per heavy atom. The molecule has 13 heavy (non-hydrogen) atoms. The standard InChI is InChI=1S/C10H11NOS/c1-13-10(12)8-4-2-3-7-5-6-11-9(7)8/h2-4,11H,5-6H2,1H3. The summed E-state index contributed by atoms with van der Waals surface area (Å²) in [5.74, 6) is 0. The topological polar surface area (TPSA) is 29.1 Å². The molecular weight excluding hydrogens is 182 g/mol. The van der Waals surface area contributed by atoms with Gasteiger partial charge in [0.25, 0.3) is 0 Å². The zero-order chi connectivity index (χ0) is 9.26. The Balaban J connectivity index is 2.47. The minimum atomic E-state index is 0.145.